The molecule has 144 valence electrons. The maximum Gasteiger partial charge on any atom is 0.257 e. The highest BCUT2D eigenvalue weighted by Crippen LogP contribution is 2.19. The van der Waals surface area contributed by atoms with Crippen molar-refractivity contribution in [3.8, 4) is 0 Å². The summed E-state index contributed by atoms with van der Waals surface area (Å²) in [6.07, 6.45) is 0.0331. The van der Waals surface area contributed by atoms with Crippen LogP contribution in [0.4, 0.5) is 5.69 Å². The van der Waals surface area contributed by atoms with Crippen molar-refractivity contribution in [1.82, 2.24) is 10.3 Å². The average Bonchev–Trinajstić information content (AvgIpc) is 2.67. The fourth-order valence-corrected chi connectivity index (χ4v) is 3.63. The van der Waals surface area contributed by atoms with Crippen molar-refractivity contribution in [2.45, 2.75) is 18.2 Å². The summed E-state index contributed by atoms with van der Waals surface area (Å²) in [5.74, 6) is -0.732. The van der Waals surface area contributed by atoms with Crippen molar-refractivity contribution >= 4 is 38.3 Å². The van der Waals surface area contributed by atoms with E-state index in [2.05, 4.69) is 15.6 Å². The molecule has 3 N–H and O–H groups in total. The molecule has 0 radical (unpaired) electrons. The Morgan fingerprint density at radius 2 is 1.57 bits per heavy atom. The second-order valence-corrected chi connectivity index (χ2v) is 7.86. The Balaban J connectivity index is 1.65. The minimum Gasteiger partial charge on any atom is -0.326 e. The third-order valence-electron chi connectivity index (χ3n) is 4.04. The van der Waals surface area contributed by atoms with Crippen LogP contribution in [-0.2, 0) is 26.0 Å². The first-order chi connectivity index (χ1) is 13.3. The first kappa shape index (κ1) is 19.5. The Hall–Kier alpha value is -3.23. The third-order valence-corrected chi connectivity index (χ3v) is 5.30. The molecular formula is C20H19N3O4S. The first-order valence-corrected chi connectivity index (χ1v) is 9.98. The van der Waals surface area contributed by atoms with E-state index < -0.39 is 15.9 Å². The molecule has 3 aromatic carbocycles. The van der Waals surface area contributed by atoms with E-state index in [-0.39, 0.29) is 17.2 Å². The van der Waals surface area contributed by atoms with Gasteiger partial charge in [0.15, 0.2) is 0 Å². The number of hydrogen-bond acceptors (Lipinski definition) is 4. The van der Waals surface area contributed by atoms with Crippen LogP contribution in [0.2, 0.25) is 0 Å². The zero-order chi connectivity index (χ0) is 20.1. The molecule has 0 fully saturated rings. The molecular weight excluding hydrogens is 378 g/mol. The van der Waals surface area contributed by atoms with Gasteiger partial charge < -0.3 is 5.32 Å². The summed E-state index contributed by atoms with van der Waals surface area (Å²) in [5, 5.41) is 4.50. The Morgan fingerprint density at radius 1 is 0.893 bits per heavy atom. The lowest BCUT2D eigenvalue weighted by atomic mass is 10.0. The number of fused-ring (bicyclic) bond motifs is 1. The lowest BCUT2D eigenvalue weighted by molar-refractivity contribution is -0.121. The number of anilines is 1. The van der Waals surface area contributed by atoms with Crippen molar-refractivity contribution in [2.24, 2.45) is 0 Å². The van der Waals surface area contributed by atoms with Crippen LogP contribution in [0.1, 0.15) is 12.5 Å². The number of hydrogen-bond donors (Lipinski definition) is 3. The summed E-state index contributed by atoms with van der Waals surface area (Å²) in [6.45, 7) is 1.36. The van der Waals surface area contributed by atoms with Gasteiger partial charge in [0.2, 0.25) is 11.8 Å². The van der Waals surface area contributed by atoms with Crippen LogP contribution in [0, 0.1) is 0 Å². The van der Waals surface area contributed by atoms with E-state index in [1.165, 1.54) is 31.2 Å². The number of benzene rings is 3. The van der Waals surface area contributed by atoms with E-state index >= 15 is 0 Å². The number of sulfonamides is 1. The van der Waals surface area contributed by atoms with E-state index in [0.29, 0.717) is 5.69 Å². The van der Waals surface area contributed by atoms with Crippen LogP contribution in [0.3, 0.4) is 0 Å². The van der Waals surface area contributed by atoms with Crippen molar-refractivity contribution in [3.63, 3.8) is 0 Å². The SMILES string of the molecule is CC(=O)Nc1ccc(S(=O)(=O)NNC(=O)Cc2cccc3ccccc23)cc1. The zero-order valence-corrected chi connectivity index (χ0v) is 15.9. The van der Waals surface area contributed by atoms with Gasteiger partial charge in [0.25, 0.3) is 10.0 Å². The fraction of sp³-hybridized carbons (Fsp3) is 0.100. The third kappa shape index (κ3) is 4.73. The van der Waals surface area contributed by atoms with Crippen LogP contribution in [0.5, 0.6) is 0 Å². The van der Waals surface area contributed by atoms with Gasteiger partial charge in [-0.15, -0.1) is 4.83 Å². The maximum atomic E-state index is 12.3. The summed E-state index contributed by atoms with van der Waals surface area (Å²) < 4.78 is 24.6. The minimum atomic E-state index is -3.93. The molecule has 28 heavy (non-hydrogen) atoms. The Bertz CT molecular complexity index is 1120. The van der Waals surface area contributed by atoms with Gasteiger partial charge in [0.05, 0.1) is 11.3 Å². The Labute approximate surface area is 162 Å². The predicted octanol–water partition coefficient (Wildman–Crippen LogP) is 2.35. The van der Waals surface area contributed by atoms with Crippen molar-refractivity contribution in [2.75, 3.05) is 5.32 Å². The van der Waals surface area contributed by atoms with Crippen molar-refractivity contribution < 1.29 is 18.0 Å². The molecule has 0 heterocycles. The summed E-state index contributed by atoms with van der Waals surface area (Å²) in [7, 11) is -3.93. The Morgan fingerprint density at radius 3 is 2.29 bits per heavy atom. The van der Waals surface area contributed by atoms with Crippen molar-refractivity contribution in [3.05, 3.63) is 72.3 Å². The van der Waals surface area contributed by atoms with Crippen LogP contribution < -0.4 is 15.6 Å². The van der Waals surface area contributed by atoms with Gasteiger partial charge in [-0.25, -0.2) is 8.42 Å². The van der Waals surface area contributed by atoms with Gasteiger partial charge in [-0.1, -0.05) is 42.5 Å². The molecule has 3 aromatic rings. The van der Waals surface area contributed by atoms with Crippen LogP contribution in [0.25, 0.3) is 10.8 Å². The molecule has 0 aromatic heterocycles. The molecule has 0 spiro atoms. The number of carbonyl (C=O) groups excluding carboxylic acids is 2. The molecule has 0 saturated carbocycles. The lowest BCUT2D eigenvalue weighted by Crippen LogP contribution is -2.42. The van der Waals surface area contributed by atoms with Gasteiger partial charge in [0.1, 0.15) is 0 Å². The molecule has 0 atom stereocenters. The largest absolute Gasteiger partial charge is 0.326 e. The summed E-state index contributed by atoms with van der Waals surface area (Å²) >= 11 is 0. The number of carbonyl (C=O) groups is 2. The van der Waals surface area contributed by atoms with Gasteiger partial charge in [-0.2, -0.15) is 0 Å². The number of hydrazine groups is 1. The highest BCUT2D eigenvalue weighted by atomic mass is 32.2. The second-order valence-electron chi connectivity index (χ2n) is 6.17. The number of rotatable bonds is 6. The lowest BCUT2D eigenvalue weighted by Gasteiger charge is -2.10. The minimum absolute atomic E-state index is 0.0331. The summed E-state index contributed by atoms with van der Waals surface area (Å²) in [5.41, 5.74) is 3.51. The quantitative estimate of drug-likeness (QED) is 0.555. The Kier molecular flexibility index (Phi) is 5.72. The standard InChI is InChI=1S/C20H19N3O4S/c1-14(24)21-17-9-11-18(12-10-17)28(26,27)23-22-20(25)13-16-7-4-6-15-5-2-3-8-19(15)16/h2-12,23H,13H2,1H3,(H,21,24)(H,22,25). The van der Waals surface area contributed by atoms with E-state index in [4.69, 9.17) is 0 Å². The zero-order valence-electron chi connectivity index (χ0n) is 15.1. The van der Waals surface area contributed by atoms with E-state index in [0.717, 1.165) is 16.3 Å². The molecule has 0 aliphatic heterocycles. The van der Waals surface area contributed by atoms with Gasteiger partial charge in [0, 0.05) is 12.6 Å². The normalized spacial score (nSPS) is 11.2. The molecule has 0 aliphatic carbocycles. The van der Waals surface area contributed by atoms with Gasteiger partial charge in [-0.3, -0.25) is 15.0 Å². The second kappa shape index (κ2) is 8.20. The highest BCUT2D eigenvalue weighted by molar-refractivity contribution is 7.89. The van der Waals surface area contributed by atoms with Gasteiger partial charge >= 0.3 is 0 Å². The molecule has 0 unspecified atom stereocenters. The molecule has 7 nitrogen and oxygen atoms in total. The number of amides is 2. The molecule has 3 rings (SSSR count). The molecule has 0 aliphatic rings. The van der Waals surface area contributed by atoms with E-state index in [1.807, 2.05) is 42.5 Å². The van der Waals surface area contributed by atoms with Crippen LogP contribution in [0.15, 0.2) is 71.6 Å². The van der Waals surface area contributed by atoms with Crippen LogP contribution in [-0.4, -0.2) is 20.2 Å². The smallest absolute Gasteiger partial charge is 0.257 e. The van der Waals surface area contributed by atoms with E-state index in [1.54, 1.807) is 0 Å². The van der Waals surface area contributed by atoms with E-state index in [9.17, 15) is 18.0 Å². The maximum absolute atomic E-state index is 12.3. The first-order valence-electron chi connectivity index (χ1n) is 8.50. The van der Waals surface area contributed by atoms with Crippen molar-refractivity contribution in [1.29, 1.82) is 0 Å². The fourth-order valence-electron chi connectivity index (χ4n) is 2.77. The average molecular weight is 397 g/mol. The monoisotopic (exact) mass is 397 g/mol. The molecule has 0 saturated heterocycles. The molecule has 2 amide bonds. The molecule has 0 bridgehead atoms. The topological polar surface area (TPSA) is 104 Å². The number of nitrogens with one attached hydrogen (secondary N) is 3. The summed E-state index contributed by atoms with van der Waals surface area (Å²) in [4.78, 5) is 25.3. The molecule has 8 heteroatoms. The summed E-state index contributed by atoms with van der Waals surface area (Å²) in [6, 6.07) is 18.9. The van der Waals surface area contributed by atoms with Gasteiger partial charge in [-0.05, 0) is 40.6 Å². The predicted molar refractivity (Wildman–Crippen MR) is 107 cm³/mol. The highest BCUT2D eigenvalue weighted by Gasteiger charge is 2.15. The van der Waals surface area contributed by atoms with Crippen LogP contribution >= 0.6 is 0 Å².